The Balaban J connectivity index is 1.95. The molecular weight excluding hydrogens is 196 g/mol. The number of nitrogens with one attached hydrogen (secondary N) is 1. The lowest BCUT2D eigenvalue weighted by Crippen LogP contribution is -2.13. The zero-order valence-electron chi connectivity index (χ0n) is 10.4. The highest BCUT2D eigenvalue weighted by Gasteiger charge is 2.12. The summed E-state index contributed by atoms with van der Waals surface area (Å²) < 4.78 is 0. The SMILES string of the molecule is CCC(CC)CNc1ccc2c(n1)CCC2. The van der Waals surface area contributed by atoms with Crippen LogP contribution in [0.4, 0.5) is 5.82 Å². The summed E-state index contributed by atoms with van der Waals surface area (Å²) in [5.41, 5.74) is 2.77. The van der Waals surface area contributed by atoms with Crippen LogP contribution in [0.3, 0.4) is 0 Å². The highest BCUT2D eigenvalue weighted by molar-refractivity contribution is 5.40. The maximum absolute atomic E-state index is 4.68. The summed E-state index contributed by atoms with van der Waals surface area (Å²) in [5.74, 6) is 1.84. The molecule has 0 radical (unpaired) electrons. The molecule has 2 heteroatoms. The Hall–Kier alpha value is -1.05. The quantitative estimate of drug-likeness (QED) is 0.819. The van der Waals surface area contributed by atoms with Gasteiger partial charge < -0.3 is 5.32 Å². The molecule has 0 atom stereocenters. The molecule has 1 aliphatic rings. The molecule has 1 aliphatic carbocycles. The van der Waals surface area contributed by atoms with Gasteiger partial charge in [0.2, 0.25) is 0 Å². The molecule has 2 rings (SSSR count). The molecule has 1 aromatic heterocycles. The van der Waals surface area contributed by atoms with E-state index in [9.17, 15) is 0 Å². The number of fused-ring (bicyclic) bond motifs is 1. The normalized spacial score (nSPS) is 14.2. The molecule has 16 heavy (non-hydrogen) atoms. The van der Waals surface area contributed by atoms with Gasteiger partial charge in [-0.1, -0.05) is 32.8 Å². The average molecular weight is 218 g/mol. The van der Waals surface area contributed by atoms with Crippen molar-refractivity contribution in [2.45, 2.75) is 46.0 Å². The van der Waals surface area contributed by atoms with Crippen molar-refractivity contribution in [1.29, 1.82) is 0 Å². The van der Waals surface area contributed by atoms with Crippen molar-refractivity contribution in [3.63, 3.8) is 0 Å². The predicted octanol–water partition coefficient (Wildman–Crippen LogP) is 3.42. The molecule has 0 amide bonds. The van der Waals surface area contributed by atoms with Gasteiger partial charge in [-0.2, -0.15) is 0 Å². The average Bonchev–Trinajstić information content (AvgIpc) is 2.77. The summed E-state index contributed by atoms with van der Waals surface area (Å²) in [5, 5.41) is 3.47. The van der Waals surface area contributed by atoms with E-state index in [2.05, 4.69) is 36.3 Å². The van der Waals surface area contributed by atoms with Crippen molar-refractivity contribution in [2.75, 3.05) is 11.9 Å². The van der Waals surface area contributed by atoms with E-state index in [1.165, 1.54) is 36.9 Å². The van der Waals surface area contributed by atoms with E-state index in [4.69, 9.17) is 0 Å². The molecule has 0 saturated carbocycles. The van der Waals surface area contributed by atoms with Gasteiger partial charge in [0.1, 0.15) is 5.82 Å². The van der Waals surface area contributed by atoms with Gasteiger partial charge in [-0.05, 0) is 36.8 Å². The Kier molecular flexibility index (Phi) is 3.81. The summed E-state index contributed by atoms with van der Waals surface area (Å²) in [6.07, 6.45) is 6.15. The Bertz CT molecular complexity index is 343. The van der Waals surface area contributed by atoms with Crippen LogP contribution >= 0.6 is 0 Å². The number of aromatic nitrogens is 1. The van der Waals surface area contributed by atoms with Gasteiger partial charge in [0.05, 0.1) is 0 Å². The van der Waals surface area contributed by atoms with Gasteiger partial charge >= 0.3 is 0 Å². The molecule has 0 bridgehead atoms. The summed E-state index contributed by atoms with van der Waals surface area (Å²) in [7, 11) is 0. The fourth-order valence-corrected chi connectivity index (χ4v) is 2.35. The van der Waals surface area contributed by atoms with Crippen LogP contribution in [0, 0.1) is 5.92 Å². The number of nitrogens with zero attached hydrogens (tertiary/aromatic N) is 1. The fraction of sp³-hybridized carbons (Fsp3) is 0.643. The minimum absolute atomic E-state index is 0.773. The second kappa shape index (κ2) is 5.33. The van der Waals surface area contributed by atoms with Crippen LogP contribution in [0.2, 0.25) is 0 Å². The lowest BCUT2D eigenvalue weighted by Gasteiger charge is -2.14. The Morgan fingerprint density at radius 1 is 1.25 bits per heavy atom. The fourth-order valence-electron chi connectivity index (χ4n) is 2.35. The third-order valence-electron chi connectivity index (χ3n) is 3.65. The summed E-state index contributed by atoms with van der Waals surface area (Å²) >= 11 is 0. The second-order valence-corrected chi connectivity index (χ2v) is 4.72. The highest BCUT2D eigenvalue weighted by Crippen LogP contribution is 2.21. The summed E-state index contributed by atoms with van der Waals surface area (Å²) in [6.45, 7) is 5.57. The third kappa shape index (κ3) is 2.55. The first-order chi connectivity index (χ1) is 7.83. The smallest absolute Gasteiger partial charge is 0.126 e. The van der Waals surface area contributed by atoms with E-state index >= 15 is 0 Å². The van der Waals surface area contributed by atoms with Crippen LogP contribution < -0.4 is 5.32 Å². The van der Waals surface area contributed by atoms with Gasteiger partial charge in [-0.25, -0.2) is 4.98 Å². The van der Waals surface area contributed by atoms with E-state index in [0.717, 1.165) is 24.7 Å². The maximum atomic E-state index is 4.68. The lowest BCUT2D eigenvalue weighted by molar-refractivity contribution is 0.518. The Morgan fingerprint density at radius 2 is 2.06 bits per heavy atom. The number of rotatable bonds is 5. The molecular formula is C14H22N2. The van der Waals surface area contributed by atoms with Gasteiger partial charge in [0.15, 0.2) is 0 Å². The first-order valence-corrected chi connectivity index (χ1v) is 6.56. The van der Waals surface area contributed by atoms with Crippen LogP contribution in [0.1, 0.15) is 44.4 Å². The minimum atomic E-state index is 0.773. The molecule has 1 aromatic rings. The third-order valence-corrected chi connectivity index (χ3v) is 3.65. The van der Waals surface area contributed by atoms with Gasteiger partial charge in [-0.3, -0.25) is 0 Å². The topological polar surface area (TPSA) is 24.9 Å². The van der Waals surface area contributed by atoms with Crippen LogP contribution in [-0.4, -0.2) is 11.5 Å². The van der Waals surface area contributed by atoms with Crippen LogP contribution in [0.25, 0.3) is 0 Å². The number of anilines is 1. The van der Waals surface area contributed by atoms with E-state index < -0.39 is 0 Å². The standard InChI is InChI=1S/C14H22N2/c1-3-11(4-2)10-15-14-9-8-12-6-5-7-13(12)16-14/h8-9,11H,3-7,10H2,1-2H3,(H,15,16). The number of hydrogen-bond donors (Lipinski definition) is 1. The molecule has 0 saturated heterocycles. The van der Waals surface area contributed by atoms with Crippen LogP contribution in [0.15, 0.2) is 12.1 Å². The lowest BCUT2D eigenvalue weighted by atomic mass is 10.0. The molecule has 2 nitrogen and oxygen atoms in total. The van der Waals surface area contributed by atoms with E-state index in [-0.39, 0.29) is 0 Å². The van der Waals surface area contributed by atoms with Crippen molar-refractivity contribution in [3.05, 3.63) is 23.4 Å². The van der Waals surface area contributed by atoms with Gasteiger partial charge in [0.25, 0.3) is 0 Å². The molecule has 0 aliphatic heterocycles. The Labute approximate surface area is 98.5 Å². The molecule has 0 fully saturated rings. The van der Waals surface area contributed by atoms with E-state index in [0.29, 0.717) is 0 Å². The predicted molar refractivity (Wildman–Crippen MR) is 68.8 cm³/mol. The van der Waals surface area contributed by atoms with Crippen molar-refractivity contribution in [3.8, 4) is 0 Å². The zero-order valence-corrected chi connectivity index (χ0v) is 10.4. The van der Waals surface area contributed by atoms with E-state index in [1.807, 2.05) is 0 Å². The van der Waals surface area contributed by atoms with Crippen molar-refractivity contribution in [2.24, 2.45) is 5.92 Å². The summed E-state index contributed by atoms with van der Waals surface area (Å²) in [6, 6.07) is 4.37. The molecule has 0 spiro atoms. The molecule has 0 aromatic carbocycles. The molecule has 1 heterocycles. The molecule has 0 unspecified atom stereocenters. The first-order valence-electron chi connectivity index (χ1n) is 6.56. The maximum Gasteiger partial charge on any atom is 0.126 e. The highest BCUT2D eigenvalue weighted by atomic mass is 15.0. The Morgan fingerprint density at radius 3 is 2.81 bits per heavy atom. The van der Waals surface area contributed by atoms with Crippen molar-refractivity contribution >= 4 is 5.82 Å². The monoisotopic (exact) mass is 218 g/mol. The largest absolute Gasteiger partial charge is 0.370 e. The first kappa shape index (κ1) is 11.4. The molecule has 1 N–H and O–H groups in total. The van der Waals surface area contributed by atoms with Gasteiger partial charge in [0, 0.05) is 12.2 Å². The van der Waals surface area contributed by atoms with Crippen molar-refractivity contribution in [1.82, 2.24) is 4.98 Å². The van der Waals surface area contributed by atoms with Crippen LogP contribution in [0.5, 0.6) is 0 Å². The minimum Gasteiger partial charge on any atom is -0.370 e. The number of hydrogen-bond acceptors (Lipinski definition) is 2. The second-order valence-electron chi connectivity index (χ2n) is 4.72. The van der Waals surface area contributed by atoms with Crippen molar-refractivity contribution < 1.29 is 0 Å². The number of aryl methyl sites for hydroxylation is 2. The van der Waals surface area contributed by atoms with Gasteiger partial charge in [-0.15, -0.1) is 0 Å². The van der Waals surface area contributed by atoms with E-state index in [1.54, 1.807) is 0 Å². The molecule has 88 valence electrons. The number of pyridine rings is 1. The summed E-state index contributed by atoms with van der Waals surface area (Å²) in [4.78, 5) is 4.68. The zero-order chi connectivity index (χ0) is 11.4. The van der Waals surface area contributed by atoms with Crippen LogP contribution in [-0.2, 0) is 12.8 Å².